The molecule has 0 saturated heterocycles. The molecule has 0 spiro atoms. The number of rotatable bonds is 3. The van der Waals surface area contributed by atoms with Crippen LogP contribution in [0.25, 0.3) is 16.9 Å². The van der Waals surface area contributed by atoms with Crippen LogP contribution in [-0.4, -0.2) is 15.3 Å². The van der Waals surface area contributed by atoms with Crippen molar-refractivity contribution in [1.82, 2.24) is 9.38 Å². The van der Waals surface area contributed by atoms with Gasteiger partial charge in [0.15, 0.2) is 0 Å². The van der Waals surface area contributed by atoms with Gasteiger partial charge in [-0.3, -0.25) is 9.20 Å². The molecule has 0 atom stereocenters. The van der Waals surface area contributed by atoms with Crippen LogP contribution in [0, 0.1) is 12.7 Å². The molecule has 2 aromatic carbocycles. The number of fused-ring (bicyclic) bond motifs is 1. The number of nitrogens with one attached hydrogen (secondary N) is 1. The average molecular weight is 380 g/mol. The van der Waals surface area contributed by atoms with Gasteiger partial charge in [0.2, 0.25) is 0 Å². The van der Waals surface area contributed by atoms with Gasteiger partial charge in [0.1, 0.15) is 23.0 Å². The Bertz CT molecular complexity index is 1170. The van der Waals surface area contributed by atoms with E-state index in [1.807, 2.05) is 37.4 Å². The van der Waals surface area contributed by atoms with E-state index in [2.05, 4.69) is 10.3 Å². The van der Waals surface area contributed by atoms with E-state index >= 15 is 0 Å². The number of aromatic nitrogens is 2. The van der Waals surface area contributed by atoms with E-state index in [1.165, 1.54) is 18.2 Å². The lowest BCUT2D eigenvalue weighted by Crippen LogP contribution is -2.14. The zero-order valence-corrected chi connectivity index (χ0v) is 15.2. The fourth-order valence-corrected chi connectivity index (χ4v) is 3.10. The van der Waals surface area contributed by atoms with E-state index in [1.54, 1.807) is 22.6 Å². The van der Waals surface area contributed by atoms with Gasteiger partial charge in [-0.25, -0.2) is 9.37 Å². The normalized spacial score (nSPS) is 10.9. The first-order valence-corrected chi connectivity index (χ1v) is 8.70. The smallest absolute Gasteiger partial charge is 0.256 e. The van der Waals surface area contributed by atoms with E-state index in [0.717, 1.165) is 11.1 Å². The van der Waals surface area contributed by atoms with Crippen molar-refractivity contribution in [3.05, 3.63) is 88.8 Å². The molecule has 0 fully saturated rings. The third-order valence-electron chi connectivity index (χ3n) is 4.20. The lowest BCUT2D eigenvalue weighted by molar-refractivity contribution is 0.102. The van der Waals surface area contributed by atoms with Crippen molar-refractivity contribution in [3.63, 3.8) is 0 Å². The third-order valence-corrected chi connectivity index (χ3v) is 4.43. The van der Waals surface area contributed by atoms with Crippen LogP contribution in [0.5, 0.6) is 0 Å². The van der Waals surface area contributed by atoms with Crippen molar-refractivity contribution < 1.29 is 9.18 Å². The summed E-state index contributed by atoms with van der Waals surface area (Å²) < 4.78 is 15.3. The summed E-state index contributed by atoms with van der Waals surface area (Å²) in [7, 11) is 0. The number of hydrogen-bond acceptors (Lipinski definition) is 2. The van der Waals surface area contributed by atoms with Gasteiger partial charge in [-0.15, -0.1) is 0 Å². The van der Waals surface area contributed by atoms with Gasteiger partial charge in [0.05, 0.1) is 0 Å². The first kappa shape index (κ1) is 17.2. The first-order valence-electron chi connectivity index (χ1n) is 8.33. The molecule has 27 heavy (non-hydrogen) atoms. The van der Waals surface area contributed by atoms with Crippen LogP contribution in [-0.2, 0) is 0 Å². The maximum Gasteiger partial charge on any atom is 0.256 e. The van der Waals surface area contributed by atoms with Crippen LogP contribution >= 0.6 is 11.6 Å². The summed E-state index contributed by atoms with van der Waals surface area (Å²) in [6.45, 7) is 1.97. The molecule has 134 valence electrons. The molecule has 0 aliphatic heterocycles. The van der Waals surface area contributed by atoms with E-state index in [-0.39, 0.29) is 5.56 Å². The Labute approximate surface area is 160 Å². The van der Waals surface area contributed by atoms with Crippen molar-refractivity contribution in [3.8, 4) is 11.3 Å². The molecule has 4 aromatic rings. The maximum absolute atomic E-state index is 13.5. The number of pyridine rings is 1. The highest BCUT2D eigenvalue weighted by Gasteiger charge is 2.18. The Kier molecular flexibility index (Phi) is 4.38. The number of nitrogens with zero attached hydrogens (tertiary/aromatic N) is 2. The number of benzene rings is 2. The maximum atomic E-state index is 13.5. The van der Waals surface area contributed by atoms with E-state index in [4.69, 9.17) is 11.6 Å². The summed E-state index contributed by atoms with van der Waals surface area (Å²) in [5, 5.41) is 3.44. The van der Waals surface area contributed by atoms with E-state index < -0.39 is 11.7 Å². The Morgan fingerprint density at radius 3 is 2.70 bits per heavy atom. The molecule has 2 aromatic heterocycles. The van der Waals surface area contributed by atoms with Crippen LogP contribution in [0.3, 0.4) is 0 Å². The molecule has 2 heterocycles. The molecule has 0 aliphatic rings. The van der Waals surface area contributed by atoms with Crippen LogP contribution in [0.4, 0.5) is 10.2 Å². The lowest BCUT2D eigenvalue weighted by Gasteiger charge is -2.08. The van der Waals surface area contributed by atoms with Gasteiger partial charge in [-0.05, 0) is 55.0 Å². The summed E-state index contributed by atoms with van der Waals surface area (Å²) in [6.07, 6.45) is 1.84. The summed E-state index contributed by atoms with van der Waals surface area (Å²) in [4.78, 5) is 17.3. The predicted octanol–water partition coefficient (Wildman–Crippen LogP) is 5.35. The number of aryl methyl sites for hydroxylation is 1. The largest absolute Gasteiger partial charge is 0.306 e. The zero-order valence-electron chi connectivity index (χ0n) is 14.4. The highest BCUT2D eigenvalue weighted by atomic mass is 35.5. The highest BCUT2D eigenvalue weighted by Crippen LogP contribution is 2.31. The molecule has 1 N–H and O–H groups in total. The van der Waals surface area contributed by atoms with Crippen molar-refractivity contribution >= 4 is 29.0 Å². The van der Waals surface area contributed by atoms with Crippen molar-refractivity contribution in [1.29, 1.82) is 0 Å². The average Bonchev–Trinajstić information content (AvgIpc) is 2.99. The molecule has 0 radical (unpaired) electrons. The number of carbonyl (C=O) groups excluding carboxylic acids is 1. The number of halogens is 2. The van der Waals surface area contributed by atoms with Crippen LogP contribution in [0.1, 0.15) is 15.9 Å². The summed E-state index contributed by atoms with van der Waals surface area (Å²) >= 11 is 6.13. The second kappa shape index (κ2) is 6.85. The monoisotopic (exact) mass is 379 g/mol. The van der Waals surface area contributed by atoms with Gasteiger partial charge in [-0.2, -0.15) is 0 Å². The van der Waals surface area contributed by atoms with Gasteiger partial charge >= 0.3 is 0 Å². The molecular weight excluding hydrogens is 365 g/mol. The van der Waals surface area contributed by atoms with Crippen LogP contribution in [0.2, 0.25) is 5.02 Å². The molecule has 6 heteroatoms. The molecular formula is C21H15ClFN3O. The minimum Gasteiger partial charge on any atom is -0.306 e. The van der Waals surface area contributed by atoms with Crippen molar-refractivity contribution in [2.24, 2.45) is 0 Å². The van der Waals surface area contributed by atoms with Crippen molar-refractivity contribution in [2.75, 3.05) is 5.32 Å². The molecule has 1 amide bonds. The number of hydrogen-bond donors (Lipinski definition) is 1. The lowest BCUT2D eigenvalue weighted by atomic mass is 10.1. The molecule has 0 unspecified atom stereocenters. The highest BCUT2D eigenvalue weighted by molar-refractivity contribution is 6.30. The van der Waals surface area contributed by atoms with Crippen molar-refractivity contribution in [2.45, 2.75) is 6.92 Å². The molecule has 0 aliphatic carbocycles. The molecule has 4 rings (SSSR count). The SMILES string of the molecule is Cc1ccn2c(NC(=O)c3cccc(F)c3)c(-c3cccc(Cl)c3)nc2c1. The predicted molar refractivity (Wildman–Crippen MR) is 105 cm³/mol. The van der Waals surface area contributed by atoms with E-state index in [9.17, 15) is 9.18 Å². The van der Waals surface area contributed by atoms with Gasteiger partial charge in [0, 0.05) is 22.3 Å². The Balaban J connectivity index is 1.85. The van der Waals surface area contributed by atoms with E-state index in [0.29, 0.717) is 22.2 Å². The number of amides is 1. The summed E-state index contributed by atoms with van der Waals surface area (Å²) in [6, 6.07) is 16.7. The van der Waals surface area contributed by atoms with Crippen LogP contribution < -0.4 is 5.32 Å². The van der Waals surface area contributed by atoms with Gasteiger partial charge in [0.25, 0.3) is 5.91 Å². The van der Waals surface area contributed by atoms with Gasteiger partial charge < -0.3 is 5.32 Å². The van der Waals surface area contributed by atoms with Gasteiger partial charge in [-0.1, -0.05) is 29.8 Å². The summed E-state index contributed by atoms with van der Waals surface area (Å²) in [5.41, 5.74) is 3.34. The second-order valence-electron chi connectivity index (χ2n) is 6.22. The Morgan fingerprint density at radius 2 is 1.93 bits per heavy atom. The van der Waals surface area contributed by atoms with Crippen LogP contribution in [0.15, 0.2) is 66.9 Å². The minimum atomic E-state index is -0.466. The second-order valence-corrected chi connectivity index (χ2v) is 6.65. The number of imidazole rings is 1. The fraction of sp³-hybridized carbons (Fsp3) is 0.0476. The number of anilines is 1. The minimum absolute atomic E-state index is 0.231. The molecule has 0 bridgehead atoms. The Morgan fingerprint density at radius 1 is 1.11 bits per heavy atom. The fourth-order valence-electron chi connectivity index (χ4n) is 2.91. The first-order chi connectivity index (χ1) is 13.0. The zero-order chi connectivity index (χ0) is 19.0. The Hall–Kier alpha value is -3.18. The third kappa shape index (κ3) is 3.41. The molecule has 4 nitrogen and oxygen atoms in total. The standard InChI is InChI=1S/C21H15ClFN3O/c1-13-8-9-26-18(10-13)24-19(14-4-2-6-16(22)11-14)20(26)25-21(27)15-5-3-7-17(23)12-15/h2-12H,1H3,(H,25,27). The summed E-state index contributed by atoms with van der Waals surface area (Å²) in [5.74, 6) is -0.381. The number of carbonyl (C=O) groups is 1. The molecule has 0 saturated carbocycles. The topological polar surface area (TPSA) is 46.4 Å². The quantitative estimate of drug-likeness (QED) is 0.521.